The first kappa shape index (κ1) is 20.5. The van der Waals surface area contributed by atoms with Crippen molar-refractivity contribution in [1.82, 2.24) is 15.0 Å². The summed E-state index contributed by atoms with van der Waals surface area (Å²) in [5.74, 6) is 0.238. The van der Waals surface area contributed by atoms with E-state index in [4.69, 9.17) is 5.21 Å². The van der Waals surface area contributed by atoms with E-state index in [9.17, 15) is 0 Å². The van der Waals surface area contributed by atoms with Gasteiger partial charge in [0.1, 0.15) is 5.52 Å². The molecule has 0 unspecified atom stereocenters. The van der Waals surface area contributed by atoms with E-state index in [1.807, 2.05) is 6.07 Å². The molecular formula is C31H28N4. The number of aryl methyl sites for hydroxylation is 1. The van der Waals surface area contributed by atoms with Crippen LogP contribution in [0.25, 0.3) is 11.0 Å². The zero-order valence-electron chi connectivity index (χ0n) is 19.7. The standard InChI is InChI=1S/C31H28N4/c1-3-11-22(12-4-1)21-28-29(23-13-5-2-6-14-23)31(35-27-19-8-7-18-26(27)32-33-35)25-17-9-15-24-16-10-20-34(28)30(24)25/h1-9,11-15,17-19,28-29,31H,10,16,20-21H2/t28-,29-,31-/m1/s1. The van der Waals surface area contributed by atoms with Crippen LogP contribution in [0.1, 0.15) is 40.6 Å². The number of hydrogen-bond acceptors (Lipinski definition) is 3. The van der Waals surface area contributed by atoms with E-state index in [0.717, 1.165) is 30.4 Å². The van der Waals surface area contributed by atoms with Crippen molar-refractivity contribution < 1.29 is 0 Å². The quantitative estimate of drug-likeness (QED) is 0.324. The molecule has 4 aromatic carbocycles. The molecule has 7 rings (SSSR count). The maximum absolute atomic E-state index is 4.78. The Bertz CT molecular complexity index is 1470. The van der Waals surface area contributed by atoms with Crippen LogP contribution in [-0.4, -0.2) is 27.6 Å². The number of anilines is 1. The summed E-state index contributed by atoms with van der Waals surface area (Å²) < 4.78 is 2.20. The van der Waals surface area contributed by atoms with Gasteiger partial charge in [0.15, 0.2) is 0 Å². The Labute approximate surface area is 205 Å². The van der Waals surface area contributed by atoms with E-state index in [0.29, 0.717) is 6.04 Å². The second-order valence-corrected chi connectivity index (χ2v) is 9.81. The lowest BCUT2D eigenvalue weighted by molar-refractivity contribution is 0.340. The highest BCUT2D eigenvalue weighted by atomic mass is 15.4. The first-order valence-corrected chi connectivity index (χ1v) is 12.7. The van der Waals surface area contributed by atoms with Crippen LogP contribution < -0.4 is 4.90 Å². The van der Waals surface area contributed by atoms with Crippen LogP contribution in [0, 0.1) is 0 Å². The minimum Gasteiger partial charge on any atom is -0.367 e. The predicted molar refractivity (Wildman–Crippen MR) is 141 cm³/mol. The summed E-state index contributed by atoms with van der Waals surface area (Å²) in [6.07, 6.45) is 3.33. The summed E-state index contributed by atoms with van der Waals surface area (Å²) in [6, 6.07) is 37.7. The molecule has 2 aliphatic rings. The van der Waals surface area contributed by atoms with Crippen molar-refractivity contribution in [2.24, 2.45) is 0 Å². The van der Waals surface area contributed by atoms with E-state index in [2.05, 4.69) is 112 Å². The predicted octanol–water partition coefficient (Wildman–Crippen LogP) is 6.18. The topological polar surface area (TPSA) is 34.0 Å². The third kappa shape index (κ3) is 3.35. The van der Waals surface area contributed by atoms with Crippen LogP contribution in [0.15, 0.2) is 103 Å². The van der Waals surface area contributed by atoms with Crippen molar-refractivity contribution in [3.05, 3.63) is 125 Å². The van der Waals surface area contributed by atoms with Crippen LogP contribution in [0.2, 0.25) is 0 Å². The summed E-state index contributed by atoms with van der Waals surface area (Å²) >= 11 is 0. The lowest BCUT2D eigenvalue weighted by Gasteiger charge is -2.50. The van der Waals surface area contributed by atoms with E-state index in [1.165, 1.54) is 34.4 Å². The number of rotatable bonds is 4. The Hall–Kier alpha value is -3.92. The summed E-state index contributed by atoms with van der Waals surface area (Å²) in [5.41, 5.74) is 9.05. The van der Waals surface area contributed by atoms with Crippen molar-refractivity contribution in [2.75, 3.05) is 11.4 Å². The Morgan fingerprint density at radius 3 is 2.40 bits per heavy atom. The highest BCUT2D eigenvalue weighted by Gasteiger charge is 2.45. The second-order valence-electron chi connectivity index (χ2n) is 9.81. The molecule has 0 radical (unpaired) electrons. The normalized spacial score (nSPS) is 21.1. The van der Waals surface area contributed by atoms with Crippen molar-refractivity contribution >= 4 is 16.7 Å². The highest BCUT2D eigenvalue weighted by Crippen LogP contribution is 2.51. The Balaban J connectivity index is 1.50. The molecule has 0 saturated carbocycles. The molecule has 0 N–H and O–H groups in total. The average Bonchev–Trinajstić information content (AvgIpc) is 3.35. The SMILES string of the molecule is c1ccc(C[C@@H]2[C@@H](c3ccccc3)[C@H](n3nnc4ccccc43)c3cccc4c3N2CCC4)cc1. The van der Waals surface area contributed by atoms with Gasteiger partial charge in [0.25, 0.3) is 0 Å². The van der Waals surface area contributed by atoms with E-state index in [-0.39, 0.29) is 12.0 Å². The average molecular weight is 457 g/mol. The summed E-state index contributed by atoms with van der Waals surface area (Å²) in [7, 11) is 0. The van der Waals surface area contributed by atoms with Gasteiger partial charge in [-0.25, -0.2) is 4.68 Å². The monoisotopic (exact) mass is 456 g/mol. The summed E-state index contributed by atoms with van der Waals surface area (Å²) in [5, 5.41) is 9.36. The molecule has 0 spiro atoms. The molecule has 4 nitrogen and oxygen atoms in total. The van der Waals surface area contributed by atoms with Gasteiger partial charge in [-0.1, -0.05) is 96.2 Å². The smallest absolute Gasteiger partial charge is 0.113 e. The van der Waals surface area contributed by atoms with Crippen LogP contribution in [0.3, 0.4) is 0 Å². The van der Waals surface area contributed by atoms with Gasteiger partial charge in [-0.3, -0.25) is 0 Å². The number of hydrogen-bond donors (Lipinski definition) is 0. The van der Waals surface area contributed by atoms with Crippen LogP contribution >= 0.6 is 0 Å². The fourth-order valence-corrected chi connectivity index (χ4v) is 6.43. The van der Waals surface area contributed by atoms with Gasteiger partial charge in [0.05, 0.1) is 11.6 Å². The maximum Gasteiger partial charge on any atom is 0.113 e. The number of fused-ring (bicyclic) bond motifs is 1. The molecule has 1 aromatic heterocycles. The largest absolute Gasteiger partial charge is 0.367 e. The summed E-state index contributed by atoms with van der Waals surface area (Å²) in [4.78, 5) is 2.72. The molecule has 0 bridgehead atoms. The van der Waals surface area contributed by atoms with Crippen LogP contribution in [0.4, 0.5) is 5.69 Å². The molecule has 172 valence electrons. The number of aromatic nitrogens is 3. The second kappa shape index (κ2) is 8.38. The summed E-state index contributed by atoms with van der Waals surface area (Å²) in [6.45, 7) is 1.09. The van der Waals surface area contributed by atoms with Gasteiger partial charge in [-0.05, 0) is 48.1 Å². The zero-order chi connectivity index (χ0) is 23.2. The lowest BCUT2D eigenvalue weighted by atomic mass is 9.73. The Morgan fingerprint density at radius 2 is 1.54 bits per heavy atom. The highest BCUT2D eigenvalue weighted by molar-refractivity contribution is 5.75. The fourth-order valence-electron chi connectivity index (χ4n) is 6.43. The molecular weight excluding hydrogens is 428 g/mol. The minimum absolute atomic E-state index is 0.0720. The number of benzene rings is 4. The van der Waals surface area contributed by atoms with Crippen LogP contribution in [0.5, 0.6) is 0 Å². The molecule has 3 heterocycles. The van der Waals surface area contributed by atoms with E-state index >= 15 is 0 Å². The minimum atomic E-state index is 0.0720. The van der Waals surface area contributed by atoms with Gasteiger partial charge in [0.2, 0.25) is 0 Å². The zero-order valence-corrected chi connectivity index (χ0v) is 19.7. The molecule has 0 saturated heterocycles. The molecule has 4 heteroatoms. The first-order chi connectivity index (χ1) is 17.4. The lowest BCUT2D eigenvalue weighted by Crippen LogP contribution is -2.51. The van der Waals surface area contributed by atoms with Crippen molar-refractivity contribution in [3.8, 4) is 0 Å². The van der Waals surface area contributed by atoms with Crippen LogP contribution in [-0.2, 0) is 12.8 Å². The maximum atomic E-state index is 4.78. The van der Waals surface area contributed by atoms with Gasteiger partial charge >= 0.3 is 0 Å². The Kier molecular flexibility index (Phi) is 4.90. The molecule has 35 heavy (non-hydrogen) atoms. The molecule has 2 aliphatic heterocycles. The Morgan fingerprint density at radius 1 is 0.771 bits per heavy atom. The molecule has 0 amide bonds. The van der Waals surface area contributed by atoms with E-state index < -0.39 is 0 Å². The fraction of sp³-hybridized carbons (Fsp3) is 0.226. The van der Waals surface area contributed by atoms with E-state index in [1.54, 1.807) is 0 Å². The number of para-hydroxylation sites is 2. The van der Waals surface area contributed by atoms with Gasteiger partial charge in [-0.15, -0.1) is 5.10 Å². The van der Waals surface area contributed by atoms with Crippen molar-refractivity contribution in [2.45, 2.75) is 37.3 Å². The van der Waals surface area contributed by atoms with Gasteiger partial charge in [0, 0.05) is 29.8 Å². The van der Waals surface area contributed by atoms with Crippen molar-refractivity contribution in [3.63, 3.8) is 0 Å². The molecule has 0 aliphatic carbocycles. The van der Waals surface area contributed by atoms with Gasteiger partial charge in [-0.2, -0.15) is 0 Å². The molecule has 3 atom stereocenters. The molecule has 0 fully saturated rings. The van der Waals surface area contributed by atoms with Crippen molar-refractivity contribution in [1.29, 1.82) is 0 Å². The third-order valence-electron chi connectivity index (χ3n) is 7.87. The number of nitrogens with zero attached hydrogens (tertiary/aromatic N) is 4. The van der Waals surface area contributed by atoms with Gasteiger partial charge < -0.3 is 4.90 Å². The first-order valence-electron chi connectivity index (χ1n) is 12.7. The molecule has 5 aromatic rings. The third-order valence-corrected chi connectivity index (χ3v) is 7.87.